The van der Waals surface area contributed by atoms with E-state index in [0.29, 0.717) is 17.2 Å². The van der Waals surface area contributed by atoms with Gasteiger partial charge in [-0.2, -0.15) is 0 Å². The highest BCUT2D eigenvalue weighted by Gasteiger charge is 2.54. The normalized spacial score (nSPS) is 35.8. The number of carbonyl (C=O) groups is 1. The highest BCUT2D eigenvalue weighted by Crippen LogP contribution is 2.61. The summed E-state index contributed by atoms with van der Waals surface area (Å²) in [7, 11) is 0. The third-order valence-corrected chi connectivity index (χ3v) is 8.25. The molecule has 6 rings (SSSR count). The Kier molecular flexibility index (Phi) is 5.02. The Labute approximate surface area is 169 Å². The largest absolute Gasteiger partial charge is 0.455 e. The van der Waals surface area contributed by atoms with Gasteiger partial charge in [0.05, 0.1) is 6.54 Å². The Balaban J connectivity index is 1.24. The minimum absolute atomic E-state index is 0.00695. The van der Waals surface area contributed by atoms with Gasteiger partial charge < -0.3 is 9.73 Å². The zero-order chi connectivity index (χ0) is 19.1. The van der Waals surface area contributed by atoms with E-state index in [1.807, 2.05) is 12.1 Å². The molecule has 1 amide bonds. The van der Waals surface area contributed by atoms with E-state index in [2.05, 4.69) is 17.1 Å². The van der Waals surface area contributed by atoms with E-state index >= 15 is 0 Å². The molecule has 4 aliphatic carbocycles. The van der Waals surface area contributed by atoms with Crippen LogP contribution in [0.1, 0.15) is 87.4 Å². The van der Waals surface area contributed by atoms with Crippen LogP contribution >= 0.6 is 0 Å². The first kappa shape index (κ1) is 18.7. The Bertz CT molecular complexity index is 668. The molecule has 2 heterocycles. The number of hydrogen-bond donors (Lipinski definition) is 1. The lowest BCUT2D eigenvalue weighted by molar-refractivity contribution is -0.0728. The molecular weight excluding hydrogens is 348 g/mol. The first-order valence-electron chi connectivity index (χ1n) is 11.8. The molecule has 1 saturated heterocycles. The fraction of sp³-hybridized carbons (Fsp3) is 0.792. The van der Waals surface area contributed by atoms with Crippen molar-refractivity contribution in [2.45, 2.75) is 83.7 Å². The standard InChI is InChI=1S/C24H36N2O2/c1-2-22(24-13-17-10-18(14-24)12-19(11-17)15-24)25-23(27)21-7-6-20(28-21)16-26-8-4-3-5-9-26/h6-7,17-19,22H,2-5,8-16H2,1H3,(H,25,27). The summed E-state index contributed by atoms with van der Waals surface area (Å²) in [6.45, 7) is 5.37. The number of hydrogen-bond acceptors (Lipinski definition) is 3. The van der Waals surface area contributed by atoms with E-state index in [0.717, 1.165) is 49.6 Å². The van der Waals surface area contributed by atoms with Crippen LogP contribution in [-0.2, 0) is 6.54 Å². The van der Waals surface area contributed by atoms with Gasteiger partial charge in [0.1, 0.15) is 5.76 Å². The molecule has 4 saturated carbocycles. The second-order valence-corrected chi connectivity index (χ2v) is 10.3. The Morgan fingerprint density at radius 1 is 1.11 bits per heavy atom. The van der Waals surface area contributed by atoms with Gasteiger partial charge in [-0.15, -0.1) is 0 Å². The molecule has 4 heteroatoms. The van der Waals surface area contributed by atoms with E-state index in [1.54, 1.807) is 0 Å². The fourth-order valence-corrected chi connectivity index (χ4v) is 7.44. The molecule has 1 atom stereocenters. The van der Waals surface area contributed by atoms with Gasteiger partial charge >= 0.3 is 0 Å². The van der Waals surface area contributed by atoms with Crippen molar-refractivity contribution in [3.05, 3.63) is 23.7 Å². The van der Waals surface area contributed by atoms with E-state index < -0.39 is 0 Å². The number of furan rings is 1. The molecule has 1 unspecified atom stereocenters. The molecule has 0 radical (unpaired) electrons. The number of nitrogens with zero attached hydrogens (tertiary/aromatic N) is 1. The fourth-order valence-electron chi connectivity index (χ4n) is 7.44. The lowest BCUT2D eigenvalue weighted by atomic mass is 9.47. The first-order valence-corrected chi connectivity index (χ1v) is 11.8. The van der Waals surface area contributed by atoms with Gasteiger partial charge in [0.15, 0.2) is 5.76 Å². The summed E-state index contributed by atoms with van der Waals surface area (Å²) in [5.74, 6) is 4.16. The van der Waals surface area contributed by atoms with Crippen LogP contribution in [0.15, 0.2) is 16.5 Å². The molecule has 5 aliphatic rings. The molecule has 0 spiro atoms. The lowest BCUT2D eigenvalue weighted by Gasteiger charge is -2.59. The van der Waals surface area contributed by atoms with Crippen LogP contribution in [0.3, 0.4) is 0 Å². The second kappa shape index (κ2) is 7.51. The summed E-state index contributed by atoms with van der Waals surface area (Å²) in [6, 6.07) is 4.17. The average molecular weight is 385 g/mol. The number of rotatable bonds is 6. The maximum atomic E-state index is 13.0. The van der Waals surface area contributed by atoms with E-state index in [1.165, 1.54) is 57.8 Å². The van der Waals surface area contributed by atoms with E-state index in [-0.39, 0.29) is 5.91 Å². The van der Waals surface area contributed by atoms with Crippen molar-refractivity contribution in [2.24, 2.45) is 23.2 Å². The van der Waals surface area contributed by atoms with Crippen molar-refractivity contribution in [2.75, 3.05) is 13.1 Å². The van der Waals surface area contributed by atoms with E-state index in [4.69, 9.17) is 4.42 Å². The van der Waals surface area contributed by atoms with Gasteiger partial charge in [-0.1, -0.05) is 13.3 Å². The Morgan fingerprint density at radius 3 is 2.36 bits per heavy atom. The molecule has 5 fully saturated rings. The predicted octanol–water partition coefficient (Wildman–Crippen LogP) is 4.99. The number of piperidine rings is 1. The van der Waals surface area contributed by atoms with Gasteiger partial charge in [0.25, 0.3) is 5.91 Å². The highest BCUT2D eigenvalue weighted by atomic mass is 16.4. The van der Waals surface area contributed by atoms with Crippen LogP contribution in [0.2, 0.25) is 0 Å². The summed E-state index contributed by atoms with van der Waals surface area (Å²) in [6.07, 6.45) is 13.2. The molecule has 4 bridgehead atoms. The summed E-state index contributed by atoms with van der Waals surface area (Å²) < 4.78 is 5.96. The summed E-state index contributed by atoms with van der Waals surface area (Å²) in [5, 5.41) is 3.41. The third kappa shape index (κ3) is 3.53. The van der Waals surface area contributed by atoms with Crippen molar-refractivity contribution >= 4 is 5.91 Å². The zero-order valence-electron chi connectivity index (χ0n) is 17.4. The second-order valence-electron chi connectivity index (χ2n) is 10.3. The maximum Gasteiger partial charge on any atom is 0.287 e. The maximum absolute atomic E-state index is 13.0. The van der Waals surface area contributed by atoms with Crippen molar-refractivity contribution in [3.8, 4) is 0 Å². The molecule has 0 aromatic carbocycles. The van der Waals surface area contributed by atoms with Gasteiger partial charge in [-0.25, -0.2) is 0 Å². The summed E-state index contributed by atoms with van der Waals surface area (Å²) >= 11 is 0. The number of likely N-dealkylation sites (tertiary alicyclic amines) is 1. The van der Waals surface area contributed by atoms with Gasteiger partial charge in [-0.05, 0) is 106 Å². The topological polar surface area (TPSA) is 45.5 Å². The van der Waals surface area contributed by atoms with Crippen LogP contribution in [0, 0.1) is 23.2 Å². The molecule has 4 nitrogen and oxygen atoms in total. The first-order chi connectivity index (χ1) is 13.6. The van der Waals surface area contributed by atoms with Crippen LogP contribution in [0.4, 0.5) is 0 Å². The monoisotopic (exact) mass is 384 g/mol. The van der Waals surface area contributed by atoms with Crippen LogP contribution in [0.5, 0.6) is 0 Å². The van der Waals surface area contributed by atoms with Crippen molar-refractivity contribution in [3.63, 3.8) is 0 Å². The van der Waals surface area contributed by atoms with E-state index in [9.17, 15) is 4.79 Å². The quantitative estimate of drug-likeness (QED) is 0.751. The molecule has 1 aromatic heterocycles. The Morgan fingerprint density at radius 2 is 1.75 bits per heavy atom. The minimum atomic E-state index is -0.00695. The number of amides is 1. The average Bonchev–Trinajstić information content (AvgIpc) is 3.14. The van der Waals surface area contributed by atoms with Crippen molar-refractivity contribution < 1.29 is 9.21 Å². The zero-order valence-corrected chi connectivity index (χ0v) is 17.4. The van der Waals surface area contributed by atoms with Crippen molar-refractivity contribution in [1.82, 2.24) is 10.2 Å². The summed E-state index contributed by atoms with van der Waals surface area (Å²) in [5.41, 5.74) is 0.350. The Hall–Kier alpha value is -1.29. The number of nitrogens with one attached hydrogen (secondary N) is 1. The molecular formula is C24H36N2O2. The van der Waals surface area contributed by atoms with Gasteiger partial charge in [0.2, 0.25) is 0 Å². The minimum Gasteiger partial charge on any atom is -0.455 e. The number of carbonyl (C=O) groups excluding carboxylic acids is 1. The van der Waals surface area contributed by atoms with Gasteiger partial charge in [-0.3, -0.25) is 9.69 Å². The molecule has 154 valence electrons. The molecule has 1 N–H and O–H groups in total. The predicted molar refractivity (Wildman–Crippen MR) is 110 cm³/mol. The highest BCUT2D eigenvalue weighted by molar-refractivity contribution is 5.91. The van der Waals surface area contributed by atoms with Crippen LogP contribution in [-0.4, -0.2) is 29.9 Å². The molecule has 1 aliphatic heterocycles. The third-order valence-electron chi connectivity index (χ3n) is 8.25. The van der Waals surface area contributed by atoms with Crippen LogP contribution < -0.4 is 5.32 Å². The SMILES string of the molecule is CCC(NC(=O)c1ccc(CN2CCCCC2)o1)C12CC3CC(CC(C3)C1)C2. The lowest BCUT2D eigenvalue weighted by Crippen LogP contribution is -2.56. The molecule has 28 heavy (non-hydrogen) atoms. The smallest absolute Gasteiger partial charge is 0.287 e. The molecule has 1 aromatic rings. The van der Waals surface area contributed by atoms with Crippen LogP contribution in [0.25, 0.3) is 0 Å². The van der Waals surface area contributed by atoms with Crippen molar-refractivity contribution in [1.29, 1.82) is 0 Å². The summed E-state index contributed by atoms with van der Waals surface area (Å²) in [4.78, 5) is 15.4. The van der Waals surface area contributed by atoms with Gasteiger partial charge in [0, 0.05) is 6.04 Å².